The molecule has 2 heterocycles. The van der Waals surface area contributed by atoms with E-state index in [0.717, 1.165) is 0 Å². The van der Waals surface area contributed by atoms with Gasteiger partial charge in [0, 0.05) is 0 Å². The number of hydrogen-bond acceptors (Lipinski definition) is 4. The van der Waals surface area contributed by atoms with Crippen LogP contribution in [0.4, 0.5) is 4.39 Å². The summed E-state index contributed by atoms with van der Waals surface area (Å²) in [5.74, 6) is -0.229. The number of imidazole rings is 1. The molecule has 0 unspecified atom stereocenters. The Kier molecular flexibility index (Phi) is 2.79. The topological polar surface area (TPSA) is 63.7 Å². The largest absolute Gasteiger partial charge is 0.434 e. The van der Waals surface area contributed by atoms with Crippen LogP contribution in [-0.2, 0) is 0 Å². The number of benzene rings is 1. The zero-order valence-corrected chi connectivity index (χ0v) is 10.6. The standard InChI is InChI=1S/C12H8ClFN4O/c1-6-3-2-4-7(8(6)14)19-11-9-10(16-5-15-9)17-12(13)18-11/h2-5H,1H3,(H,15,16,17,18). The normalized spacial score (nSPS) is 10.9. The van der Waals surface area contributed by atoms with Gasteiger partial charge in [0.15, 0.2) is 17.2 Å². The van der Waals surface area contributed by atoms with Gasteiger partial charge in [-0.1, -0.05) is 12.1 Å². The molecule has 3 rings (SSSR count). The van der Waals surface area contributed by atoms with Gasteiger partial charge in [0.25, 0.3) is 0 Å². The van der Waals surface area contributed by atoms with Crippen LogP contribution >= 0.6 is 11.6 Å². The van der Waals surface area contributed by atoms with Crippen LogP contribution in [0.1, 0.15) is 5.56 Å². The van der Waals surface area contributed by atoms with Crippen LogP contribution in [-0.4, -0.2) is 19.9 Å². The number of nitrogens with zero attached hydrogens (tertiary/aromatic N) is 3. The van der Waals surface area contributed by atoms with Gasteiger partial charge in [-0.15, -0.1) is 0 Å². The summed E-state index contributed by atoms with van der Waals surface area (Å²) in [6.07, 6.45) is 1.44. The number of aryl methyl sites for hydroxylation is 1. The van der Waals surface area contributed by atoms with Gasteiger partial charge < -0.3 is 9.72 Å². The lowest BCUT2D eigenvalue weighted by Gasteiger charge is -2.07. The first-order valence-electron chi connectivity index (χ1n) is 5.45. The Morgan fingerprint density at radius 1 is 1.32 bits per heavy atom. The zero-order valence-electron chi connectivity index (χ0n) is 9.82. The number of rotatable bonds is 2. The fourth-order valence-electron chi connectivity index (χ4n) is 1.66. The van der Waals surface area contributed by atoms with Crippen LogP contribution in [0.3, 0.4) is 0 Å². The number of H-pyrrole nitrogens is 1. The number of aromatic nitrogens is 4. The fourth-order valence-corrected chi connectivity index (χ4v) is 1.82. The van der Waals surface area contributed by atoms with Gasteiger partial charge in [0.2, 0.25) is 11.2 Å². The van der Waals surface area contributed by atoms with E-state index in [2.05, 4.69) is 19.9 Å². The highest BCUT2D eigenvalue weighted by Crippen LogP contribution is 2.29. The summed E-state index contributed by atoms with van der Waals surface area (Å²) in [6.45, 7) is 1.65. The molecule has 5 nitrogen and oxygen atoms in total. The first-order valence-corrected chi connectivity index (χ1v) is 5.82. The monoisotopic (exact) mass is 278 g/mol. The highest BCUT2D eigenvalue weighted by atomic mass is 35.5. The second kappa shape index (κ2) is 4.47. The molecular weight excluding hydrogens is 271 g/mol. The predicted octanol–water partition coefficient (Wildman–Crippen LogP) is 3.25. The molecule has 0 amide bonds. The van der Waals surface area contributed by atoms with Crippen molar-refractivity contribution in [3.8, 4) is 11.6 Å². The van der Waals surface area contributed by atoms with Gasteiger partial charge in [-0.2, -0.15) is 9.97 Å². The highest BCUT2D eigenvalue weighted by Gasteiger charge is 2.14. The second-order valence-electron chi connectivity index (χ2n) is 3.89. The molecule has 7 heteroatoms. The third kappa shape index (κ3) is 2.10. The van der Waals surface area contributed by atoms with Crippen molar-refractivity contribution in [3.05, 3.63) is 41.2 Å². The second-order valence-corrected chi connectivity index (χ2v) is 4.23. The summed E-state index contributed by atoms with van der Waals surface area (Å²) in [7, 11) is 0. The molecule has 96 valence electrons. The average Bonchev–Trinajstić information content (AvgIpc) is 2.83. The molecule has 1 N–H and O–H groups in total. The van der Waals surface area contributed by atoms with Crippen LogP contribution in [0.15, 0.2) is 24.5 Å². The maximum Gasteiger partial charge on any atom is 0.250 e. The predicted molar refractivity (Wildman–Crippen MR) is 67.9 cm³/mol. The van der Waals surface area contributed by atoms with Gasteiger partial charge in [-0.25, -0.2) is 9.37 Å². The molecule has 0 bridgehead atoms. The Labute approximate surface area is 112 Å². The van der Waals surface area contributed by atoms with Crippen LogP contribution in [0.5, 0.6) is 11.6 Å². The van der Waals surface area contributed by atoms with Crippen molar-refractivity contribution in [2.24, 2.45) is 0 Å². The summed E-state index contributed by atoms with van der Waals surface area (Å²) >= 11 is 5.77. The molecule has 0 fully saturated rings. The van der Waals surface area contributed by atoms with E-state index < -0.39 is 5.82 Å². The number of fused-ring (bicyclic) bond motifs is 1. The molecule has 2 aromatic heterocycles. The van der Waals surface area contributed by atoms with Gasteiger partial charge in [0.1, 0.15) is 5.52 Å². The van der Waals surface area contributed by atoms with E-state index in [1.165, 1.54) is 12.4 Å². The lowest BCUT2D eigenvalue weighted by atomic mass is 10.2. The van der Waals surface area contributed by atoms with Crippen LogP contribution in [0.25, 0.3) is 11.2 Å². The van der Waals surface area contributed by atoms with Crippen LogP contribution in [0, 0.1) is 12.7 Å². The molecule has 0 saturated carbocycles. The minimum atomic E-state index is -0.440. The Morgan fingerprint density at radius 3 is 3.00 bits per heavy atom. The summed E-state index contributed by atoms with van der Waals surface area (Å²) in [5, 5.41) is -0.0114. The van der Waals surface area contributed by atoms with Crippen molar-refractivity contribution in [1.29, 1.82) is 0 Å². The third-order valence-electron chi connectivity index (χ3n) is 2.59. The molecule has 0 aliphatic heterocycles. The van der Waals surface area contributed by atoms with Gasteiger partial charge in [-0.3, -0.25) is 0 Å². The number of ether oxygens (including phenoxy) is 1. The first-order chi connectivity index (χ1) is 9.15. The third-order valence-corrected chi connectivity index (χ3v) is 2.76. The summed E-state index contributed by atoms with van der Waals surface area (Å²) < 4.78 is 19.3. The molecule has 0 radical (unpaired) electrons. The van der Waals surface area contributed by atoms with Gasteiger partial charge >= 0.3 is 0 Å². The smallest absolute Gasteiger partial charge is 0.250 e. The molecule has 0 aliphatic carbocycles. The average molecular weight is 279 g/mol. The minimum Gasteiger partial charge on any atom is -0.434 e. The van der Waals surface area contributed by atoms with Crippen molar-refractivity contribution >= 4 is 22.8 Å². The number of aromatic amines is 1. The molecule has 19 heavy (non-hydrogen) atoms. The van der Waals surface area contributed by atoms with Gasteiger partial charge in [-0.05, 0) is 30.2 Å². The number of hydrogen-bond donors (Lipinski definition) is 1. The van der Waals surface area contributed by atoms with Crippen molar-refractivity contribution in [2.75, 3.05) is 0 Å². The maximum absolute atomic E-state index is 13.9. The zero-order chi connectivity index (χ0) is 13.4. The first kappa shape index (κ1) is 11.9. The van der Waals surface area contributed by atoms with E-state index in [9.17, 15) is 4.39 Å². The SMILES string of the molecule is Cc1cccc(Oc2nc(Cl)nc3nc[nH]c23)c1F. The highest BCUT2D eigenvalue weighted by molar-refractivity contribution is 6.28. The van der Waals surface area contributed by atoms with E-state index in [0.29, 0.717) is 16.7 Å². The van der Waals surface area contributed by atoms with E-state index >= 15 is 0 Å². The summed E-state index contributed by atoms with van der Waals surface area (Å²) in [6, 6.07) is 4.86. The Morgan fingerprint density at radius 2 is 2.16 bits per heavy atom. The summed E-state index contributed by atoms with van der Waals surface area (Å²) in [4.78, 5) is 14.6. The number of nitrogens with one attached hydrogen (secondary N) is 1. The molecule has 0 atom stereocenters. The van der Waals surface area contributed by atoms with Crippen molar-refractivity contribution in [3.63, 3.8) is 0 Å². The molecular formula is C12H8ClFN4O. The van der Waals surface area contributed by atoms with Crippen molar-refractivity contribution in [1.82, 2.24) is 19.9 Å². The Balaban J connectivity index is 2.10. The van der Waals surface area contributed by atoms with Crippen LogP contribution < -0.4 is 4.74 Å². The lowest BCUT2D eigenvalue weighted by molar-refractivity contribution is 0.429. The minimum absolute atomic E-state index is 0.0114. The lowest BCUT2D eigenvalue weighted by Crippen LogP contribution is -1.95. The van der Waals surface area contributed by atoms with Crippen molar-refractivity contribution in [2.45, 2.75) is 6.92 Å². The molecule has 0 aliphatic rings. The van der Waals surface area contributed by atoms with Gasteiger partial charge in [0.05, 0.1) is 6.33 Å². The maximum atomic E-state index is 13.9. The molecule has 0 saturated heterocycles. The molecule has 0 spiro atoms. The fraction of sp³-hybridized carbons (Fsp3) is 0.0833. The quantitative estimate of drug-likeness (QED) is 0.731. The summed E-state index contributed by atoms with van der Waals surface area (Å²) in [5.41, 5.74) is 1.31. The Bertz CT molecular complexity index is 759. The van der Waals surface area contributed by atoms with E-state index in [1.807, 2.05) is 0 Å². The van der Waals surface area contributed by atoms with Crippen LogP contribution in [0.2, 0.25) is 5.28 Å². The Hall–Kier alpha value is -2.21. The molecule has 3 aromatic rings. The number of halogens is 2. The molecule has 1 aromatic carbocycles. The van der Waals surface area contributed by atoms with Crippen molar-refractivity contribution < 1.29 is 9.13 Å². The van der Waals surface area contributed by atoms with E-state index in [4.69, 9.17) is 16.3 Å². The van der Waals surface area contributed by atoms with E-state index in [1.54, 1.807) is 19.1 Å². The van der Waals surface area contributed by atoms with E-state index in [-0.39, 0.29) is 16.9 Å².